The molecule has 0 aliphatic carbocycles. The van der Waals surface area contributed by atoms with E-state index in [9.17, 15) is 63.0 Å². The van der Waals surface area contributed by atoms with Crippen molar-refractivity contribution in [1.82, 2.24) is 47.5 Å². The van der Waals surface area contributed by atoms with Gasteiger partial charge in [-0.1, -0.05) is 18.2 Å². The van der Waals surface area contributed by atoms with Crippen molar-refractivity contribution >= 4 is 76.1 Å². The number of nitrogens with two attached hydrogens (primary N) is 1. The molecule has 0 aliphatic rings. The molecule has 1 heterocycles. The smallest absolute Gasteiger partial charge is 0.326 e. The third-order valence-corrected chi connectivity index (χ3v) is 8.37. The molecule has 8 amide bonds. The number of aliphatic hydroxyl groups is 1. The summed E-state index contributed by atoms with van der Waals surface area (Å²) < 4.78 is 0. The molecule has 1 aromatic carbocycles. The summed E-state index contributed by atoms with van der Waals surface area (Å²) in [7, 11) is 0. The Hall–Kier alpha value is -7.15. The number of aliphatic carboxylic acids is 3. The van der Waals surface area contributed by atoms with Gasteiger partial charge in [-0.3, -0.25) is 47.9 Å². The minimum absolute atomic E-state index is 0.177. The molecule has 25 heteroatoms. The summed E-state index contributed by atoms with van der Waals surface area (Å²) in [5.41, 5.74) is 7.70. The molecule has 328 valence electrons. The maximum absolute atomic E-state index is 12.9. The first-order valence-corrected chi connectivity index (χ1v) is 18.1. The van der Waals surface area contributed by atoms with Gasteiger partial charge in [0.1, 0.15) is 30.2 Å². The molecule has 1 aromatic heterocycles. The highest BCUT2D eigenvalue weighted by Gasteiger charge is 2.29. The van der Waals surface area contributed by atoms with E-state index in [0.717, 1.165) is 23.4 Å². The van der Waals surface area contributed by atoms with E-state index in [1.165, 1.54) is 6.92 Å². The monoisotopic (exact) mass is 848 g/mol. The number of aromatic nitrogens is 1. The summed E-state index contributed by atoms with van der Waals surface area (Å²) in [6, 6.07) is -1.25. The number of amides is 8. The molecular weight excluding hydrogens is 800 g/mol. The van der Waals surface area contributed by atoms with Gasteiger partial charge in [-0.15, -0.1) is 0 Å². The van der Waals surface area contributed by atoms with Crippen LogP contribution in [0.4, 0.5) is 0 Å². The molecule has 2 rings (SSSR count). The highest BCUT2D eigenvalue weighted by Crippen LogP contribution is 2.18. The van der Waals surface area contributed by atoms with Crippen LogP contribution in [-0.4, -0.2) is 153 Å². The van der Waals surface area contributed by atoms with Crippen molar-refractivity contribution in [3.05, 3.63) is 36.0 Å². The van der Waals surface area contributed by atoms with Crippen LogP contribution in [0.5, 0.6) is 0 Å². The van der Waals surface area contributed by atoms with Gasteiger partial charge in [0.25, 0.3) is 0 Å². The number of hydrogen-bond acceptors (Lipinski definition) is 13. The number of para-hydroxylation sites is 1. The van der Waals surface area contributed by atoms with Gasteiger partial charge in [-0.2, -0.15) is 0 Å². The minimum Gasteiger partial charge on any atom is -0.481 e. The molecule has 0 aliphatic heterocycles. The zero-order valence-electron chi connectivity index (χ0n) is 32.4. The number of benzene rings is 1. The van der Waals surface area contributed by atoms with E-state index < -0.39 is 147 Å². The van der Waals surface area contributed by atoms with E-state index in [1.54, 1.807) is 6.20 Å². The highest BCUT2D eigenvalue weighted by molar-refractivity contribution is 5.97. The number of fused-ring (bicyclic) bond motifs is 1. The molecule has 25 nitrogen and oxygen atoms in total. The Morgan fingerprint density at radius 1 is 0.633 bits per heavy atom. The van der Waals surface area contributed by atoms with E-state index in [4.69, 9.17) is 15.9 Å². The lowest BCUT2D eigenvalue weighted by Gasteiger charge is -2.22. The van der Waals surface area contributed by atoms with Crippen LogP contribution in [0.3, 0.4) is 0 Å². The van der Waals surface area contributed by atoms with Crippen molar-refractivity contribution < 1.29 is 73.2 Å². The Labute approximate surface area is 340 Å². The van der Waals surface area contributed by atoms with Crippen molar-refractivity contribution in [3.8, 4) is 0 Å². The van der Waals surface area contributed by atoms with Crippen LogP contribution in [0.25, 0.3) is 10.9 Å². The summed E-state index contributed by atoms with van der Waals surface area (Å²) in [4.78, 5) is 137. The van der Waals surface area contributed by atoms with Crippen LogP contribution in [0.2, 0.25) is 0 Å². The molecule has 0 unspecified atom stereocenters. The van der Waals surface area contributed by atoms with Crippen molar-refractivity contribution in [2.24, 2.45) is 5.73 Å². The molecular formula is C35H48N10O15. The largest absolute Gasteiger partial charge is 0.481 e. The summed E-state index contributed by atoms with van der Waals surface area (Å²) in [5, 5.41) is 54.9. The van der Waals surface area contributed by atoms with Crippen LogP contribution in [0.15, 0.2) is 30.5 Å². The fraction of sp³-hybridized carbons (Fsp3) is 0.457. The molecule has 2 aromatic rings. The van der Waals surface area contributed by atoms with Crippen molar-refractivity contribution in [2.45, 2.75) is 75.8 Å². The van der Waals surface area contributed by atoms with Crippen molar-refractivity contribution in [2.75, 3.05) is 26.2 Å². The average Bonchev–Trinajstić information content (AvgIpc) is 3.60. The quantitative estimate of drug-likeness (QED) is 0.0443. The third kappa shape index (κ3) is 16.8. The number of aliphatic hydroxyl groups excluding tert-OH is 1. The molecule has 0 saturated carbocycles. The molecule has 6 atom stereocenters. The Morgan fingerprint density at radius 3 is 1.82 bits per heavy atom. The van der Waals surface area contributed by atoms with Gasteiger partial charge in [-0.05, 0) is 38.3 Å². The predicted molar refractivity (Wildman–Crippen MR) is 204 cm³/mol. The molecule has 15 N–H and O–H groups in total. The topological polar surface area (TPSA) is 407 Å². The summed E-state index contributed by atoms with van der Waals surface area (Å²) in [6.45, 7) is -0.802. The fourth-order valence-corrected chi connectivity index (χ4v) is 5.14. The molecule has 0 fully saturated rings. The maximum Gasteiger partial charge on any atom is 0.326 e. The molecule has 0 bridgehead atoms. The maximum atomic E-state index is 12.9. The summed E-state index contributed by atoms with van der Waals surface area (Å²) >= 11 is 0. The summed E-state index contributed by atoms with van der Waals surface area (Å²) in [5.74, 6) is -12.1. The number of aromatic amines is 1. The zero-order chi connectivity index (χ0) is 45.1. The highest BCUT2D eigenvalue weighted by atomic mass is 16.4. The Morgan fingerprint density at radius 2 is 1.20 bits per heavy atom. The number of carbonyl (C=O) groups excluding carboxylic acids is 8. The van der Waals surface area contributed by atoms with Gasteiger partial charge < -0.3 is 73.7 Å². The van der Waals surface area contributed by atoms with Gasteiger partial charge in [0.15, 0.2) is 0 Å². The van der Waals surface area contributed by atoms with E-state index in [1.807, 2.05) is 34.9 Å². The van der Waals surface area contributed by atoms with Gasteiger partial charge in [0.2, 0.25) is 47.3 Å². The zero-order valence-corrected chi connectivity index (χ0v) is 32.4. The van der Waals surface area contributed by atoms with Crippen LogP contribution < -0.4 is 48.3 Å². The predicted octanol–water partition coefficient (Wildman–Crippen LogP) is -5.73. The van der Waals surface area contributed by atoms with Crippen LogP contribution in [-0.2, 0) is 59.2 Å². The van der Waals surface area contributed by atoms with Gasteiger partial charge in [0, 0.05) is 23.5 Å². The second-order valence-corrected chi connectivity index (χ2v) is 13.2. The standard InChI is InChI=1S/C35H48N10O15/c1-16(41-32(56)20(36)9-18-11-37-21-6-4-3-5-19(18)21)30(54)39-12-25(47)38-13-26(48)44-23(10-29(52)53)34(58)42-17(2)31(55)45-24(15-46)33(57)40-14-27(49)43-22(35(59)60)7-8-28(50)51/h3-6,11,16-17,20,22-24,37,46H,7-10,12-15,36H2,1-2H3,(H,38,47)(H,39,54)(H,40,57)(H,41,56)(H,42,58)(H,43,49)(H,44,48)(H,45,55)(H,50,51)(H,52,53)(H,59,60)/t16-,17-,20+,22-,23-,24-/m0/s1. The SMILES string of the molecule is C[C@H](NC(=O)[C@H](N)Cc1c[nH]c2ccccc12)C(=O)NCC(=O)NCC(=O)N[C@@H](CC(=O)O)C(=O)N[C@@H](C)C(=O)N[C@@H](CO)C(=O)NCC(=O)N[C@@H](CCC(=O)O)C(=O)O. The van der Waals surface area contributed by atoms with E-state index >= 15 is 0 Å². The number of carboxylic acids is 3. The summed E-state index contributed by atoms with van der Waals surface area (Å²) in [6.07, 6.45) is -0.0949. The molecule has 0 saturated heterocycles. The number of rotatable bonds is 25. The number of hydrogen-bond donors (Lipinski definition) is 14. The van der Waals surface area contributed by atoms with Gasteiger partial charge >= 0.3 is 17.9 Å². The van der Waals surface area contributed by atoms with Crippen LogP contribution in [0.1, 0.15) is 38.7 Å². The first-order chi connectivity index (χ1) is 28.2. The van der Waals surface area contributed by atoms with E-state index in [2.05, 4.69) is 36.9 Å². The minimum atomic E-state index is -1.78. The Kier molecular flexibility index (Phi) is 19.5. The number of H-pyrrole nitrogens is 1. The van der Waals surface area contributed by atoms with E-state index in [0.29, 0.717) is 0 Å². The Bertz CT molecular complexity index is 1940. The first-order valence-electron chi connectivity index (χ1n) is 18.1. The van der Waals surface area contributed by atoms with Crippen molar-refractivity contribution in [1.29, 1.82) is 0 Å². The van der Waals surface area contributed by atoms with Gasteiger partial charge in [-0.25, -0.2) is 4.79 Å². The van der Waals surface area contributed by atoms with E-state index in [-0.39, 0.29) is 6.42 Å². The molecule has 0 radical (unpaired) electrons. The lowest BCUT2D eigenvalue weighted by Crippen LogP contribution is -2.58. The van der Waals surface area contributed by atoms with Gasteiger partial charge in [0.05, 0.1) is 38.7 Å². The number of nitrogens with one attached hydrogen (secondary N) is 9. The Balaban J connectivity index is 1.80. The number of carboxylic acid groups (broad SMARTS) is 3. The first kappa shape index (κ1) is 49.0. The number of carbonyl (C=O) groups is 11. The normalized spacial score (nSPS) is 13.7. The van der Waals surface area contributed by atoms with Crippen molar-refractivity contribution in [3.63, 3.8) is 0 Å². The average molecular weight is 849 g/mol. The molecule has 0 spiro atoms. The fourth-order valence-electron chi connectivity index (χ4n) is 5.14. The lowest BCUT2D eigenvalue weighted by molar-refractivity contribution is -0.143. The molecule has 60 heavy (non-hydrogen) atoms. The third-order valence-electron chi connectivity index (χ3n) is 8.37. The van der Waals surface area contributed by atoms with Crippen LogP contribution >= 0.6 is 0 Å². The lowest BCUT2D eigenvalue weighted by atomic mass is 10.0. The second-order valence-electron chi connectivity index (χ2n) is 13.2. The van der Waals surface area contributed by atoms with Crippen LogP contribution in [0, 0.1) is 0 Å². The second kappa shape index (κ2) is 23.9.